The lowest BCUT2D eigenvalue weighted by Gasteiger charge is -2.21. The van der Waals surface area contributed by atoms with Gasteiger partial charge >= 0.3 is 0 Å². The first-order chi connectivity index (χ1) is 15.2. The van der Waals surface area contributed by atoms with Gasteiger partial charge in [-0.3, -0.25) is 18.2 Å². The highest BCUT2D eigenvalue weighted by molar-refractivity contribution is 7.89. The Morgan fingerprint density at radius 3 is 0.971 bits per heavy atom. The van der Waals surface area contributed by atoms with Gasteiger partial charge in [0, 0.05) is 12.1 Å². The van der Waals surface area contributed by atoms with Crippen molar-refractivity contribution >= 4 is 63.7 Å². The molecule has 0 bridgehead atoms. The Balaban J connectivity index is 3.59. The second-order valence-electron chi connectivity index (χ2n) is 6.09. The van der Waals surface area contributed by atoms with Crippen LogP contribution in [0.2, 0.25) is 10.0 Å². The Labute approximate surface area is 203 Å². The average molecular weight is 603 g/mol. The van der Waals surface area contributed by atoms with E-state index in [1.54, 1.807) is 0 Å². The molecule has 0 heterocycles. The summed E-state index contributed by atoms with van der Waals surface area (Å²) in [6.07, 6.45) is 0. The molecule has 0 aliphatic carbocycles. The molecule has 0 saturated heterocycles. The van der Waals surface area contributed by atoms with Crippen LogP contribution in [0.25, 0.3) is 11.1 Å². The van der Waals surface area contributed by atoms with Gasteiger partial charge < -0.3 is 9.47 Å². The monoisotopic (exact) mass is 602 g/mol. The predicted molar refractivity (Wildman–Crippen MR) is 114 cm³/mol. The molecule has 2 aromatic rings. The number of rotatable bonds is 7. The van der Waals surface area contributed by atoms with E-state index >= 15 is 0 Å². The third kappa shape index (κ3) is 5.25. The van der Waals surface area contributed by atoms with Gasteiger partial charge in [-0.15, -0.1) is 0 Å². The third-order valence-corrected chi connectivity index (χ3v) is 8.84. The Morgan fingerprint density at radius 1 is 0.559 bits per heavy atom. The fourth-order valence-corrected chi connectivity index (χ4v) is 8.18. The number of hydrogen-bond acceptors (Lipinski definition) is 10. The van der Waals surface area contributed by atoms with Crippen molar-refractivity contribution in [3.05, 3.63) is 22.2 Å². The summed E-state index contributed by atoms with van der Waals surface area (Å²) in [4.78, 5) is -6.91. The highest BCUT2D eigenvalue weighted by atomic mass is 35.5. The second-order valence-corrected chi connectivity index (χ2v) is 12.3. The van der Waals surface area contributed by atoms with Crippen LogP contribution in [0.4, 0.5) is 0 Å². The lowest BCUT2D eigenvalue weighted by Crippen LogP contribution is -2.16. The van der Waals surface area contributed by atoms with Gasteiger partial charge in [-0.2, -0.15) is 33.7 Å². The molecule has 0 spiro atoms. The molecule has 0 aliphatic rings. The summed E-state index contributed by atoms with van der Waals surface area (Å²) in [6.45, 7) is 0. The molecule has 190 valence electrons. The SMILES string of the molecule is COc1cc(Cl)c(S(=O)(=O)O)c(S(=O)(=O)O)c1-c1c(OC)cc(Cl)c(S(=O)(=O)O)c1S(=O)(=O)O. The van der Waals surface area contributed by atoms with Crippen LogP contribution in [0, 0.1) is 0 Å². The summed E-state index contributed by atoms with van der Waals surface area (Å²) >= 11 is 11.5. The number of hydrogen-bond donors (Lipinski definition) is 4. The van der Waals surface area contributed by atoms with Crippen LogP contribution in [-0.4, -0.2) is 66.1 Å². The minimum atomic E-state index is -5.78. The summed E-state index contributed by atoms with van der Waals surface area (Å²) in [5.41, 5.74) is -2.51. The molecule has 2 rings (SSSR count). The van der Waals surface area contributed by atoms with E-state index in [-0.39, 0.29) is 0 Å². The van der Waals surface area contributed by atoms with Gasteiger partial charge in [0.25, 0.3) is 40.5 Å². The topological polar surface area (TPSA) is 236 Å². The van der Waals surface area contributed by atoms with Crippen molar-refractivity contribution in [1.29, 1.82) is 0 Å². The quantitative estimate of drug-likeness (QED) is 0.330. The van der Waals surface area contributed by atoms with Crippen molar-refractivity contribution in [2.45, 2.75) is 19.6 Å². The van der Waals surface area contributed by atoms with Gasteiger partial charge in [0.2, 0.25) is 0 Å². The average Bonchev–Trinajstić information content (AvgIpc) is 2.62. The molecule has 0 saturated carbocycles. The van der Waals surface area contributed by atoms with Crippen LogP contribution >= 0.6 is 23.2 Å². The summed E-state index contributed by atoms with van der Waals surface area (Å²) in [5.74, 6) is -1.64. The van der Waals surface area contributed by atoms with Gasteiger partial charge in [-0.1, -0.05) is 23.2 Å². The van der Waals surface area contributed by atoms with E-state index in [0.717, 1.165) is 14.2 Å². The van der Waals surface area contributed by atoms with Crippen molar-refractivity contribution in [1.82, 2.24) is 0 Å². The Hall–Kier alpha value is -1.74. The zero-order valence-corrected chi connectivity index (χ0v) is 21.2. The van der Waals surface area contributed by atoms with Crippen LogP contribution in [0.5, 0.6) is 11.5 Å². The van der Waals surface area contributed by atoms with Crippen molar-refractivity contribution < 1.29 is 61.4 Å². The van der Waals surface area contributed by atoms with E-state index < -0.39 is 92.7 Å². The maximum atomic E-state index is 12.2. The van der Waals surface area contributed by atoms with Crippen LogP contribution in [0.3, 0.4) is 0 Å². The maximum absolute atomic E-state index is 12.2. The van der Waals surface area contributed by atoms with Crippen LogP contribution in [0.15, 0.2) is 31.7 Å². The van der Waals surface area contributed by atoms with Gasteiger partial charge in [0.05, 0.1) is 35.4 Å². The zero-order chi connectivity index (χ0) is 26.6. The molecule has 4 N–H and O–H groups in total. The molecular weight excluding hydrogens is 591 g/mol. The fraction of sp³-hybridized carbons (Fsp3) is 0.143. The first kappa shape index (κ1) is 28.5. The Bertz CT molecular complexity index is 1500. The number of halogens is 2. The van der Waals surface area contributed by atoms with Gasteiger partial charge in [0.1, 0.15) is 31.1 Å². The molecule has 0 radical (unpaired) electrons. The van der Waals surface area contributed by atoms with Crippen LogP contribution in [0.1, 0.15) is 0 Å². The van der Waals surface area contributed by atoms with Crippen molar-refractivity contribution in [3.63, 3.8) is 0 Å². The van der Waals surface area contributed by atoms with E-state index in [1.807, 2.05) is 0 Å². The van der Waals surface area contributed by atoms with Crippen LogP contribution < -0.4 is 9.47 Å². The van der Waals surface area contributed by atoms with Gasteiger partial charge in [-0.05, 0) is 0 Å². The molecule has 2 aromatic carbocycles. The normalized spacial score (nSPS) is 13.1. The van der Waals surface area contributed by atoms with Gasteiger partial charge in [-0.25, -0.2) is 0 Å². The van der Waals surface area contributed by atoms with E-state index in [4.69, 9.17) is 32.7 Å². The second kappa shape index (κ2) is 9.04. The summed E-state index contributed by atoms with van der Waals surface area (Å²) in [5, 5.41) is -2.07. The largest absolute Gasteiger partial charge is 0.496 e. The fourth-order valence-electron chi connectivity index (χ4n) is 2.94. The standard InChI is InChI=1S/C14H12Cl2O14S4/c1-29-7-3-5(15)11(31(17,18)19)13(33(23,24)25)9(7)10-8(30-2)4-6(16)12(32(20,21)22)14(10)34(26,27)28/h3-4H,1-2H3,(H,17,18,19)(H,20,21,22)(H,23,24,25)(H,26,27,28). The van der Waals surface area contributed by atoms with Crippen molar-refractivity contribution in [3.8, 4) is 22.6 Å². The molecule has 20 heteroatoms. The number of methoxy groups -OCH3 is 2. The first-order valence-corrected chi connectivity index (χ1v) is 14.4. The molecule has 0 aromatic heterocycles. The summed E-state index contributed by atoms with van der Waals surface area (Å²) in [7, 11) is -21.0. The molecule has 0 fully saturated rings. The summed E-state index contributed by atoms with van der Waals surface area (Å²) < 4.78 is 145. The zero-order valence-electron chi connectivity index (χ0n) is 16.4. The molecule has 0 atom stereocenters. The molecule has 0 unspecified atom stereocenters. The Kier molecular flexibility index (Phi) is 7.58. The molecule has 14 nitrogen and oxygen atoms in total. The maximum Gasteiger partial charge on any atom is 0.297 e. The molecule has 0 amide bonds. The highest BCUT2D eigenvalue weighted by Gasteiger charge is 2.40. The third-order valence-electron chi connectivity index (χ3n) is 4.03. The lowest BCUT2D eigenvalue weighted by atomic mass is 10.0. The van der Waals surface area contributed by atoms with E-state index in [2.05, 4.69) is 0 Å². The number of benzene rings is 2. The highest BCUT2D eigenvalue weighted by Crippen LogP contribution is 2.51. The van der Waals surface area contributed by atoms with Crippen LogP contribution in [-0.2, 0) is 40.5 Å². The first-order valence-electron chi connectivity index (χ1n) is 7.89. The van der Waals surface area contributed by atoms with E-state index in [9.17, 15) is 51.9 Å². The van der Waals surface area contributed by atoms with E-state index in [0.29, 0.717) is 12.1 Å². The smallest absolute Gasteiger partial charge is 0.297 e. The minimum absolute atomic E-state index is 0.559. The van der Waals surface area contributed by atoms with Crippen molar-refractivity contribution in [2.24, 2.45) is 0 Å². The molecule has 34 heavy (non-hydrogen) atoms. The minimum Gasteiger partial charge on any atom is -0.496 e. The van der Waals surface area contributed by atoms with E-state index in [1.165, 1.54) is 0 Å². The molecular formula is C14H12Cl2O14S4. The number of ether oxygens (including phenoxy) is 2. The lowest BCUT2D eigenvalue weighted by molar-refractivity contribution is 0.405. The molecule has 0 aliphatic heterocycles. The predicted octanol–water partition coefficient (Wildman–Crippen LogP) is 1.66. The van der Waals surface area contributed by atoms with Gasteiger partial charge in [0.15, 0.2) is 0 Å². The Morgan fingerprint density at radius 2 is 0.794 bits per heavy atom. The summed E-state index contributed by atoms with van der Waals surface area (Å²) in [6, 6.07) is 1.12. The van der Waals surface area contributed by atoms with Crippen molar-refractivity contribution in [2.75, 3.05) is 14.2 Å².